The van der Waals surface area contributed by atoms with E-state index in [0.29, 0.717) is 12.5 Å². The van der Waals surface area contributed by atoms with Crippen molar-refractivity contribution in [1.82, 2.24) is 5.32 Å². The summed E-state index contributed by atoms with van der Waals surface area (Å²) in [6, 6.07) is 38.8. The number of rotatable bonds is 6. The van der Waals surface area contributed by atoms with Crippen molar-refractivity contribution in [2.45, 2.75) is 25.0 Å². The minimum Gasteiger partial charge on any atom is -0.372 e. The molecule has 3 heteroatoms. The molecule has 2 atom stereocenters. The monoisotopic (exact) mass is 455 g/mol. The fourth-order valence-corrected chi connectivity index (χ4v) is 4.59. The van der Waals surface area contributed by atoms with Gasteiger partial charge in [-0.25, -0.2) is 0 Å². The molecule has 5 rings (SSSR count). The zero-order valence-corrected chi connectivity index (χ0v) is 19.5. The second kappa shape index (κ2) is 11.3. The number of ether oxygens (including phenoxy) is 1. The Hall–Kier alpha value is -2.91. The molecule has 0 unspecified atom stereocenters. The first kappa shape index (κ1) is 23.3. The summed E-state index contributed by atoms with van der Waals surface area (Å²) in [6.45, 7) is 2.56. The van der Waals surface area contributed by atoms with E-state index in [1.165, 1.54) is 33.4 Å². The normalized spacial score (nSPS) is 17.8. The van der Waals surface area contributed by atoms with E-state index in [2.05, 4.69) is 115 Å². The Morgan fingerprint density at radius 2 is 1.27 bits per heavy atom. The van der Waals surface area contributed by atoms with Crippen LogP contribution in [0.4, 0.5) is 0 Å². The molecule has 0 radical (unpaired) electrons. The van der Waals surface area contributed by atoms with E-state index in [4.69, 9.17) is 4.74 Å². The molecule has 1 saturated heterocycles. The lowest BCUT2D eigenvalue weighted by atomic mass is 9.86. The van der Waals surface area contributed by atoms with Crippen LogP contribution in [0.15, 0.2) is 109 Å². The van der Waals surface area contributed by atoms with Crippen LogP contribution in [-0.2, 0) is 11.3 Å². The van der Waals surface area contributed by atoms with E-state index in [0.717, 1.165) is 19.5 Å². The third-order valence-electron chi connectivity index (χ3n) is 6.37. The van der Waals surface area contributed by atoms with Gasteiger partial charge in [-0.1, -0.05) is 109 Å². The standard InChI is InChI=1S/C30H29NO.ClH/c1-3-8-24(9-4-1)26-16-14-23(15-17-26)22-32-30-21-31-19-18-29(30)28-13-7-12-27(20-28)25-10-5-2-6-11-25;/h1-17,20,29-31H,18-19,21-22H2;1H/t29-,30+;/m1./s1. The van der Waals surface area contributed by atoms with Crippen LogP contribution < -0.4 is 5.32 Å². The summed E-state index contributed by atoms with van der Waals surface area (Å²) >= 11 is 0. The van der Waals surface area contributed by atoms with Gasteiger partial charge in [-0.05, 0) is 46.3 Å². The highest BCUT2D eigenvalue weighted by atomic mass is 35.5. The van der Waals surface area contributed by atoms with Crippen LogP contribution in [0.2, 0.25) is 0 Å². The van der Waals surface area contributed by atoms with Crippen molar-refractivity contribution < 1.29 is 4.74 Å². The molecule has 1 aliphatic heterocycles. The van der Waals surface area contributed by atoms with E-state index < -0.39 is 0 Å². The molecule has 4 aromatic carbocycles. The highest BCUT2D eigenvalue weighted by Gasteiger charge is 2.27. The van der Waals surface area contributed by atoms with Gasteiger partial charge in [-0.2, -0.15) is 0 Å². The third-order valence-corrected chi connectivity index (χ3v) is 6.37. The largest absolute Gasteiger partial charge is 0.372 e. The molecule has 0 saturated carbocycles. The SMILES string of the molecule is Cl.c1ccc(-c2ccc(CO[C@H]3CNCC[C@@H]3c3cccc(-c4ccccc4)c3)cc2)cc1. The van der Waals surface area contributed by atoms with E-state index in [9.17, 15) is 0 Å². The highest BCUT2D eigenvalue weighted by molar-refractivity contribution is 5.85. The van der Waals surface area contributed by atoms with Gasteiger partial charge in [-0.15, -0.1) is 12.4 Å². The van der Waals surface area contributed by atoms with Gasteiger partial charge in [0.25, 0.3) is 0 Å². The summed E-state index contributed by atoms with van der Waals surface area (Å²) in [5, 5.41) is 3.52. The molecule has 0 aromatic heterocycles. The maximum absolute atomic E-state index is 6.46. The fourth-order valence-electron chi connectivity index (χ4n) is 4.59. The van der Waals surface area contributed by atoms with Gasteiger partial charge in [0.1, 0.15) is 0 Å². The zero-order valence-electron chi connectivity index (χ0n) is 18.7. The molecular formula is C30H30ClNO. The summed E-state index contributed by atoms with van der Waals surface area (Å²) < 4.78 is 6.46. The first-order chi connectivity index (χ1) is 15.9. The molecule has 1 aliphatic rings. The molecule has 168 valence electrons. The van der Waals surface area contributed by atoms with Crippen molar-refractivity contribution in [3.05, 3.63) is 120 Å². The maximum atomic E-state index is 6.46. The first-order valence-corrected chi connectivity index (χ1v) is 11.5. The summed E-state index contributed by atoms with van der Waals surface area (Å²) in [7, 11) is 0. The van der Waals surface area contributed by atoms with Gasteiger partial charge in [0.2, 0.25) is 0 Å². The third kappa shape index (κ3) is 5.72. The number of nitrogens with one attached hydrogen (secondary N) is 1. The summed E-state index contributed by atoms with van der Waals surface area (Å²) in [5.41, 5.74) is 7.61. The van der Waals surface area contributed by atoms with Crippen LogP contribution in [0, 0.1) is 0 Å². The highest BCUT2D eigenvalue weighted by Crippen LogP contribution is 2.31. The molecule has 33 heavy (non-hydrogen) atoms. The van der Waals surface area contributed by atoms with Gasteiger partial charge in [0, 0.05) is 12.5 Å². The minimum atomic E-state index is 0. The molecule has 0 amide bonds. The molecule has 2 nitrogen and oxygen atoms in total. The maximum Gasteiger partial charge on any atom is 0.0772 e. The summed E-state index contributed by atoms with van der Waals surface area (Å²) in [5.74, 6) is 0.406. The van der Waals surface area contributed by atoms with Crippen molar-refractivity contribution in [3.8, 4) is 22.3 Å². The van der Waals surface area contributed by atoms with Crippen LogP contribution in [-0.4, -0.2) is 19.2 Å². The Balaban J connectivity index is 0.00000259. The van der Waals surface area contributed by atoms with E-state index in [1.807, 2.05) is 0 Å². The number of hydrogen-bond acceptors (Lipinski definition) is 2. The number of halogens is 1. The Bertz CT molecular complexity index is 1130. The van der Waals surface area contributed by atoms with Gasteiger partial charge < -0.3 is 10.1 Å². The Morgan fingerprint density at radius 3 is 1.97 bits per heavy atom. The van der Waals surface area contributed by atoms with Crippen LogP contribution in [0.5, 0.6) is 0 Å². The van der Waals surface area contributed by atoms with Crippen molar-refractivity contribution in [2.24, 2.45) is 0 Å². The number of piperidine rings is 1. The molecule has 4 aromatic rings. The van der Waals surface area contributed by atoms with Gasteiger partial charge in [0.15, 0.2) is 0 Å². The molecule has 1 fully saturated rings. The zero-order chi connectivity index (χ0) is 21.6. The minimum absolute atomic E-state index is 0. The van der Waals surface area contributed by atoms with Crippen LogP contribution in [0.1, 0.15) is 23.5 Å². The van der Waals surface area contributed by atoms with Crippen molar-refractivity contribution >= 4 is 12.4 Å². The van der Waals surface area contributed by atoms with Crippen LogP contribution >= 0.6 is 12.4 Å². The molecule has 0 aliphatic carbocycles. The summed E-state index contributed by atoms with van der Waals surface area (Å²) in [6.07, 6.45) is 1.26. The van der Waals surface area contributed by atoms with Gasteiger partial charge in [0.05, 0.1) is 12.7 Å². The van der Waals surface area contributed by atoms with Crippen molar-refractivity contribution in [3.63, 3.8) is 0 Å². The van der Waals surface area contributed by atoms with Gasteiger partial charge in [-0.3, -0.25) is 0 Å². The Labute approximate surface area is 203 Å². The molecule has 0 spiro atoms. The second-order valence-corrected chi connectivity index (χ2v) is 8.50. The van der Waals surface area contributed by atoms with Crippen LogP contribution in [0.25, 0.3) is 22.3 Å². The number of benzene rings is 4. The van der Waals surface area contributed by atoms with E-state index in [1.54, 1.807) is 0 Å². The molecule has 0 bridgehead atoms. The fraction of sp³-hybridized carbons (Fsp3) is 0.200. The van der Waals surface area contributed by atoms with E-state index in [-0.39, 0.29) is 18.5 Å². The first-order valence-electron chi connectivity index (χ1n) is 11.5. The van der Waals surface area contributed by atoms with Gasteiger partial charge >= 0.3 is 0 Å². The Morgan fingerprint density at radius 1 is 0.667 bits per heavy atom. The smallest absolute Gasteiger partial charge is 0.0772 e. The second-order valence-electron chi connectivity index (χ2n) is 8.50. The average Bonchev–Trinajstić information content (AvgIpc) is 2.89. The molecule has 1 N–H and O–H groups in total. The topological polar surface area (TPSA) is 21.3 Å². The quantitative estimate of drug-likeness (QED) is 0.334. The van der Waals surface area contributed by atoms with Crippen LogP contribution in [0.3, 0.4) is 0 Å². The van der Waals surface area contributed by atoms with Crippen molar-refractivity contribution in [1.29, 1.82) is 0 Å². The van der Waals surface area contributed by atoms with E-state index >= 15 is 0 Å². The lowest BCUT2D eigenvalue weighted by Gasteiger charge is -2.33. The molecular weight excluding hydrogens is 426 g/mol. The van der Waals surface area contributed by atoms with Crippen molar-refractivity contribution in [2.75, 3.05) is 13.1 Å². The average molecular weight is 456 g/mol. The molecule has 1 heterocycles. The lowest BCUT2D eigenvalue weighted by molar-refractivity contribution is 0.0106. The Kier molecular flexibility index (Phi) is 7.96. The predicted octanol–water partition coefficient (Wildman–Crippen LogP) is 7.10. The summed E-state index contributed by atoms with van der Waals surface area (Å²) in [4.78, 5) is 0. The number of hydrogen-bond donors (Lipinski definition) is 1. The predicted molar refractivity (Wildman–Crippen MR) is 140 cm³/mol. The lowest BCUT2D eigenvalue weighted by Crippen LogP contribution is -2.41.